The molecule has 1 saturated heterocycles. The molecule has 0 spiro atoms. The second-order valence-corrected chi connectivity index (χ2v) is 7.36. The maximum atomic E-state index is 12.4. The van der Waals surface area contributed by atoms with E-state index in [1.807, 2.05) is 36.1 Å². The summed E-state index contributed by atoms with van der Waals surface area (Å²) in [6.07, 6.45) is 0. The molecule has 1 aromatic heterocycles. The van der Waals surface area contributed by atoms with Crippen molar-refractivity contribution in [2.24, 2.45) is 0 Å². The summed E-state index contributed by atoms with van der Waals surface area (Å²) in [4.78, 5) is 18.7. The van der Waals surface area contributed by atoms with Crippen molar-refractivity contribution in [2.75, 3.05) is 26.2 Å². The molecule has 1 aliphatic rings. The molecule has 1 amide bonds. The maximum absolute atomic E-state index is 12.4. The first-order valence-electron chi connectivity index (χ1n) is 7.36. The van der Waals surface area contributed by atoms with E-state index >= 15 is 0 Å². The lowest BCUT2D eigenvalue weighted by atomic mass is 10.1. The van der Waals surface area contributed by atoms with Gasteiger partial charge in [-0.3, -0.25) is 4.79 Å². The SMILES string of the molecule is Cc1csc(SCc2ccc(C(=O)N3CCNCC3)cc2)n1. The van der Waals surface area contributed by atoms with Gasteiger partial charge in [0, 0.05) is 48.6 Å². The zero-order valence-electron chi connectivity index (χ0n) is 12.5. The van der Waals surface area contributed by atoms with Crippen molar-refractivity contribution in [3.05, 3.63) is 46.5 Å². The number of nitrogens with zero attached hydrogens (tertiary/aromatic N) is 2. The highest BCUT2D eigenvalue weighted by Crippen LogP contribution is 2.26. The summed E-state index contributed by atoms with van der Waals surface area (Å²) in [5, 5.41) is 5.33. The Kier molecular flexibility index (Phi) is 5.12. The van der Waals surface area contributed by atoms with Gasteiger partial charge in [-0.05, 0) is 24.6 Å². The Hall–Kier alpha value is -1.37. The highest BCUT2D eigenvalue weighted by atomic mass is 32.2. The van der Waals surface area contributed by atoms with Crippen LogP contribution in [0.15, 0.2) is 34.0 Å². The fraction of sp³-hybridized carbons (Fsp3) is 0.375. The molecule has 0 aliphatic carbocycles. The van der Waals surface area contributed by atoms with Gasteiger partial charge in [0.1, 0.15) is 4.34 Å². The van der Waals surface area contributed by atoms with E-state index in [1.54, 1.807) is 23.1 Å². The molecule has 22 heavy (non-hydrogen) atoms. The van der Waals surface area contributed by atoms with E-state index in [9.17, 15) is 4.79 Å². The predicted octanol–water partition coefficient (Wildman–Crippen LogP) is 2.79. The van der Waals surface area contributed by atoms with Crippen LogP contribution in [-0.4, -0.2) is 42.0 Å². The van der Waals surface area contributed by atoms with Crippen LogP contribution < -0.4 is 5.32 Å². The number of carbonyl (C=O) groups excluding carboxylic acids is 1. The van der Waals surface area contributed by atoms with E-state index in [-0.39, 0.29) is 5.91 Å². The largest absolute Gasteiger partial charge is 0.336 e. The van der Waals surface area contributed by atoms with Crippen LogP contribution in [-0.2, 0) is 5.75 Å². The molecule has 0 radical (unpaired) electrons. The monoisotopic (exact) mass is 333 g/mol. The number of aryl methyl sites for hydroxylation is 1. The van der Waals surface area contributed by atoms with Crippen molar-refractivity contribution in [2.45, 2.75) is 17.0 Å². The fourth-order valence-corrected chi connectivity index (χ4v) is 4.14. The van der Waals surface area contributed by atoms with Crippen LogP contribution in [0.25, 0.3) is 0 Å². The average molecular weight is 333 g/mol. The standard InChI is InChI=1S/C16H19N3OS2/c1-12-10-21-16(18-12)22-11-13-2-4-14(5-3-13)15(20)19-8-6-17-7-9-19/h2-5,10,17H,6-9,11H2,1H3. The lowest BCUT2D eigenvalue weighted by molar-refractivity contribution is 0.0736. The van der Waals surface area contributed by atoms with Gasteiger partial charge >= 0.3 is 0 Å². The van der Waals surface area contributed by atoms with E-state index < -0.39 is 0 Å². The van der Waals surface area contributed by atoms with E-state index in [0.717, 1.165) is 47.5 Å². The van der Waals surface area contributed by atoms with Gasteiger partial charge in [-0.25, -0.2) is 4.98 Å². The molecule has 0 bridgehead atoms. The number of nitrogens with one attached hydrogen (secondary N) is 1. The third-order valence-corrected chi connectivity index (χ3v) is 5.78. The van der Waals surface area contributed by atoms with Gasteiger partial charge in [-0.15, -0.1) is 11.3 Å². The Labute approximate surface area is 138 Å². The molecule has 2 heterocycles. The number of thioether (sulfide) groups is 1. The van der Waals surface area contributed by atoms with Crippen LogP contribution in [0.4, 0.5) is 0 Å². The van der Waals surface area contributed by atoms with Gasteiger partial charge < -0.3 is 10.2 Å². The van der Waals surface area contributed by atoms with E-state index in [4.69, 9.17) is 0 Å². The maximum Gasteiger partial charge on any atom is 0.253 e. The number of thiazole rings is 1. The molecule has 2 aromatic rings. The zero-order chi connectivity index (χ0) is 15.4. The molecular formula is C16H19N3OS2. The lowest BCUT2D eigenvalue weighted by Gasteiger charge is -2.27. The molecule has 0 atom stereocenters. The van der Waals surface area contributed by atoms with Crippen molar-refractivity contribution in [1.82, 2.24) is 15.2 Å². The molecule has 1 aliphatic heterocycles. The molecule has 6 heteroatoms. The predicted molar refractivity (Wildman–Crippen MR) is 91.6 cm³/mol. The van der Waals surface area contributed by atoms with Crippen molar-refractivity contribution in [1.29, 1.82) is 0 Å². The molecule has 1 aromatic carbocycles. The molecule has 3 rings (SSSR count). The number of aromatic nitrogens is 1. The van der Waals surface area contributed by atoms with Crippen molar-refractivity contribution in [3.8, 4) is 0 Å². The minimum absolute atomic E-state index is 0.135. The highest BCUT2D eigenvalue weighted by Gasteiger charge is 2.17. The molecular weight excluding hydrogens is 314 g/mol. The van der Waals surface area contributed by atoms with Crippen molar-refractivity contribution in [3.63, 3.8) is 0 Å². The first kappa shape index (κ1) is 15.5. The second kappa shape index (κ2) is 7.26. The molecule has 4 nitrogen and oxygen atoms in total. The van der Waals surface area contributed by atoms with Crippen molar-refractivity contribution < 1.29 is 4.79 Å². The van der Waals surface area contributed by atoms with E-state index in [0.29, 0.717) is 0 Å². The molecule has 0 unspecified atom stereocenters. The fourth-order valence-electron chi connectivity index (χ4n) is 2.34. The van der Waals surface area contributed by atoms with Crippen LogP contribution in [0.2, 0.25) is 0 Å². The lowest BCUT2D eigenvalue weighted by Crippen LogP contribution is -2.46. The summed E-state index contributed by atoms with van der Waals surface area (Å²) in [6, 6.07) is 7.96. The van der Waals surface area contributed by atoms with Crippen LogP contribution in [0.3, 0.4) is 0 Å². The molecule has 1 fully saturated rings. The highest BCUT2D eigenvalue weighted by molar-refractivity contribution is 8.00. The van der Waals surface area contributed by atoms with Gasteiger partial charge in [0.15, 0.2) is 0 Å². The Morgan fingerprint density at radius 1 is 1.32 bits per heavy atom. The number of piperazine rings is 1. The van der Waals surface area contributed by atoms with Gasteiger partial charge in [-0.1, -0.05) is 23.9 Å². The first-order valence-corrected chi connectivity index (χ1v) is 9.23. The summed E-state index contributed by atoms with van der Waals surface area (Å²) in [5.74, 6) is 1.02. The Morgan fingerprint density at radius 2 is 2.05 bits per heavy atom. The first-order chi connectivity index (χ1) is 10.7. The normalized spacial score (nSPS) is 15.0. The van der Waals surface area contributed by atoms with Gasteiger partial charge in [0.2, 0.25) is 0 Å². The van der Waals surface area contributed by atoms with Crippen LogP contribution >= 0.6 is 23.1 Å². The Balaban J connectivity index is 1.58. The van der Waals surface area contributed by atoms with Crippen LogP contribution in [0.5, 0.6) is 0 Å². The average Bonchev–Trinajstić information content (AvgIpc) is 2.99. The number of rotatable bonds is 4. The minimum atomic E-state index is 0.135. The van der Waals surface area contributed by atoms with Gasteiger partial charge in [-0.2, -0.15) is 0 Å². The number of hydrogen-bond donors (Lipinski definition) is 1. The number of benzene rings is 1. The summed E-state index contributed by atoms with van der Waals surface area (Å²) >= 11 is 3.42. The van der Waals surface area contributed by atoms with Crippen LogP contribution in [0.1, 0.15) is 21.6 Å². The summed E-state index contributed by atoms with van der Waals surface area (Å²) in [6.45, 7) is 5.36. The van der Waals surface area contributed by atoms with E-state index in [2.05, 4.69) is 15.7 Å². The van der Waals surface area contributed by atoms with Gasteiger partial charge in [0.05, 0.1) is 0 Å². The van der Waals surface area contributed by atoms with Crippen molar-refractivity contribution >= 4 is 29.0 Å². The number of hydrogen-bond acceptors (Lipinski definition) is 5. The van der Waals surface area contributed by atoms with E-state index in [1.165, 1.54) is 5.56 Å². The Morgan fingerprint density at radius 3 is 2.68 bits per heavy atom. The number of amides is 1. The smallest absolute Gasteiger partial charge is 0.253 e. The van der Waals surface area contributed by atoms with Gasteiger partial charge in [0.25, 0.3) is 5.91 Å². The molecule has 116 valence electrons. The molecule has 1 N–H and O–H groups in total. The second-order valence-electron chi connectivity index (χ2n) is 5.28. The Bertz CT molecular complexity index is 633. The number of carbonyl (C=O) groups is 1. The summed E-state index contributed by atoms with van der Waals surface area (Å²) in [7, 11) is 0. The van der Waals surface area contributed by atoms with Crippen LogP contribution in [0, 0.1) is 6.92 Å². The summed E-state index contributed by atoms with van der Waals surface area (Å²) < 4.78 is 1.10. The quantitative estimate of drug-likeness (QED) is 0.874. The zero-order valence-corrected chi connectivity index (χ0v) is 14.2. The third-order valence-electron chi connectivity index (χ3n) is 3.57. The topological polar surface area (TPSA) is 45.2 Å². The molecule has 0 saturated carbocycles. The third kappa shape index (κ3) is 3.88. The minimum Gasteiger partial charge on any atom is -0.336 e. The summed E-state index contributed by atoms with van der Waals surface area (Å²) in [5.41, 5.74) is 3.07.